The van der Waals surface area contributed by atoms with E-state index >= 15 is 0 Å². The minimum absolute atomic E-state index is 0.0323. The molecule has 116 valence electrons. The molecule has 0 saturated carbocycles. The number of anilines is 1. The van der Waals surface area contributed by atoms with Gasteiger partial charge in [-0.3, -0.25) is 4.79 Å². The van der Waals surface area contributed by atoms with Crippen molar-refractivity contribution in [3.63, 3.8) is 0 Å². The predicted molar refractivity (Wildman–Crippen MR) is 92.2 cm³/mol. The maximum Gasteiger partial charge on any atom is 0.239 e. The molecule has 0 spiro atoms. The van der Waals surface area contributed by atoms with Crippen LogP contribution in [0.15, 0.2) is 42.5 Å². The smallest absolute Gasteiger partial charge is 0.239 e. The fourth-order valence-electron chi connectivity index (χ4n) is 2.54. The van der Waals surface area contributed by atoms with Crippen LogP contribution in [0.2, 0.25) is 0 Å². The van der Waals surface area contributed by atoms with Crippen LogP contribution in [-0.4, -0.2) is 19.5 Å². The number of likely N-dealkylation sites (N-methyl/N-ethyl adjacent to an activating group) is 1. The highest BCUT2D eigenvalue weighted by Crippen LogP contribution is 2.17. The van der Waals surface area contributed by atoms with Crippen LogP contribution in [0.25, 0.3) is 0 Å². The summed E-state index contributed by atoms with van der Waals surface area (Å²) in [5.41, 5.74) is 5.85. The number of nitrogens with zero attached hydrogens (tertiary/aromatic N) is 1. The molecule has 3 nitrogen and oxygen atoms in total. The van der Waals surface area contributed by atoms with Crippen LogP contribution in [0, 0.1) is 20.8 Å². The van der Waals surface area contributed by atoms with Crippen LogP contribution in [0.5, 0.6) is 0 Å². The highest BCUT2D eigenvalue weighted by molar-refractivity contribution is 5.81. The van der Waals surface area contributed by atoms with E-state index in [1.54, 1.807) is 0 Å². The molecule has 0 atom stereocenters. The lowest BCUT2D eigenvalue weighted by atomic mass is 10.1. The second-order valence-electron chi connectivity index (χ2n) is 5.91. The Hall–Kier alpha value is -2.29. The van der Waals surface area contributed by atoms with Gasteiger partial charge in [-0.25, -0.2) is 0 Å². The van der Waals surface area contributed by atoms with E-state index in [1.807, 2.05) is 30.1 Å². The van der Waals surface area contributed by atoms with Gasteiger partial charge < -0.3 is 10.2 Å². The molecule has 3 heteroatoms. The third-order valence-electron chi connectivity index (χ3n) is 3.77. The quantitative estimate of drug-likeness (QED) is 0.917. The molecule has 2 rings (SSSR count). The Morgan fingerprint density at radius 3 is 2.32 bits per heavy atom. The SMILES string of the molecule is Cc1cc(C)cc(N(C)CC(=O)NCc2ccccc2C)c1. The minimum atomic E-state index is 0.0323. The molecule has 0 aliphatic heterocycles. The number of rotatable bonds is 5. The summed E-state index contributed by atoms with van der Waals surface area (Å²) in [7, 11) is 1.95. The maximum atomic E-state index is 12.1. The van der Waals surface area contributed by atoms with Gasteiger partial charge in [-0.05, 0) is 55.2 Å². The summed E-state index contributed by atoms with van der Waals surface area (Å²) in [5, 5.41) is 2.99. The van der Waals surface area contributed by atoms with Gasteiger partial charge in [-0.2, -0.15) is 0 Å². The van der Waals surface area contributed by atoms with Crippen molar-refractivity contribution in [2.24, 2.45) is 0 Å². The molecule has 0 heterocycles. The van der Waals surface area contributed by atoms with Crippen molar-refractivity contribution in [1.82, 2.24) is 5.32 Å². The molecule has 0 unspecified atom stereocenters. The largest absolute Gasteiger partial charge is 0.365 e. The molecule has 2 aromatic carbocycles. The average molecular weight is 296 g/mol. The topological polar surface area (TPSA) is 32.3 Å². The lowest BCUT2D eigenvalue weighted by molar-refractivity contribution is -0.119. The van der Waals surface area contributed by atoms with Crippen molar-refractivity contribution in [3.05, 3.63) is 64.7 Å². The molecule has 0 bridgehead atoms. The van der Waals surface area contributed by atoms with E-state index in [0.29, 0.717) is 13.1 Å². The lowest BCUT2D eigenvalue weighted by Crippen LogP contribution is -2.35. The van der Waals surface area contributed by atoms with E-state index in [2.05, 4.69) is 50.4 Å². The summed E-state index contributed by atoms with van der Waals surface area (Å²) < 4.78 is 0. The van der Waals surface area contributed by atoms with E-state index < -0.39 is 0 Å². The Morgan fingerprint density at radius 2 is 1.68 bits per heavy atom. The van der Waals surface area contributed by atoms with Gasteiger partial charge >= 0.3 is 0 Å². The second kappa shape index (κ2) is 7.12. The van der Waals surface area contributed by atoms with Gasteiger partial charge in [0, 0.05) is 19.3 Å². The summed E-state index contributed by atoms with van der Waals surface area (Å²) in [6.07, 6.45) is 0. The van der Waals surface area contributed by atoms with Crippen LogP contribution < -0.4 is 10.2 Å². The van der Waals surface area contributed by atoms with Gasteiger partial charge in [0.25, 0.3) is 0 Å². The highest BCUT2D eigenvalue weighted by Gasteiger charge is 2.08. The van der Waals surface area contributed by atoms with Crippen molar-refractivity contribution >= 4 is 11.6 Å². The van der Waals surface area contributed by atoms with Crippen molar-refractivity contribution < 1.29 is 4.79 Å². The van der Waals surface area contributed by atoms with Crippen molar-refractivity contribution in [1.29, 1.82) is 0 Å². The molecule has 0 aliphatic carbocycles. The average Bonchev–Trinajstić information content (AvgIpc) is 2.45. The third kappa shape index (κ3) is 4.35. The van der Waals surface area contributed by atoms with Crippen LogP contribution >= 0.6 is 0 Å². The van der Waals surface area contributed by atoms with Gasteiger partial charge in [0.05, 0.1) is 6.54 Å². The van der Waals surface area contributed by atoms with Crippen LogP contribution in [0.4, 0.5) is 5.69 Å². The predicted octanol–water partition coefficient (Wildman–Crippen LogP) is 3.36. The molecule has 22 heavy (non-hydrogen) atoms. The number of nitrogens with one attached hydrogen (secondary N) is 1. The Labute approximate surface area is 133 Å². The fraction of sp³-hybridized carbons (Fsp3) is 0.316. The normalized spacial score (nSPS) is 10.4. The zero-order valence-corrected chi connectivity index (χ0v) is 13.8. The van der Waals surface area contributed by atoms with E-state index in [0.717, 1.165) is 11.3 Å². The summed E-state index contributed by atoms with van der Waals surface area (Å²) in [4.78, 5) is 14.1. The number of carbonyl (C=O) groups excluding carboxylic acids is 1. The molecule has 0 aromatic heterocycles. The van der Waals surface area contributed by atoms with Gasteiger partial charge in [0.1, 0.15) is 0 Å². The van der Waals surface area contributed by atoms with Gasteiger partial charge in [-0.15, -0.1) is 0 Å². The monoisotopic (exact) mass is 296 g/mol. The molecule has 2 aromatic rings. The number of hydrogen-bond donors (Lipinski definition) is 1. The van der Waals surface area contributed by atoms with E-state index in [4.69, 9.17) is 0 Å². The fourth-order valence-corrected chi connectivity index (χ4v) is 2.54. The number of hydrogen-bond acceptors (Lipinski definition) is 2. The van der Waals surface area contributed by atoms with Crippen molar-refractivity contribution in [2.45, 2.75) is 27.3 Å². The Morgan fingerprint density at radius 1 is 1.05 bits per heavy atom. The first-order valence-electron chi connectivity index (χ1n) is 7.56. The van der Waals surface area contributed by atoms with Crippen molar-refractivity contribution in [2.75, 3.05) is 18.5 Å². The summed E-state index contributed by atoms with van der Waals surface area (Å²) in [6.45, 7) is 7.13. The molecular weight excluding hydrogens is 272 g/mol. The van der Waals surface area contributed by atoms with Crippen molar-refractivity contribution in [3.8, 4) is 0 Å². The highest BCUT2D eigenvalue weighted by atomic mass is 16.2. The maximum absolute atomic E-state index is 12.1. The first-order chi connectivity index (χ1) is 10.5. The zero-order chi connectivity index (χ0) is 16.1. The van der Waals surface area contributed by atoms with Crippen LogP contribution in [0.3, 0.4) is 0 Å². The molecule has 0 fully saturated rings. The first kappa shape index (κ1) is 16.1. The Balaban J connectivity index is 1.93. The second-order valence-corrected chi connectivity index (χ2v) is 5.91. The molecule has 0 saturated heterocycles. The minimum Gasteiger partial charge on any atom is -0.365 e. The molecular formula is C19H24N2O. The number of amides is 1. The van der Waals surface area contributed by atoms with Gasteiger partial charge in [0.2, 0.25) is 5.91 Å². The molecule has 0 radical (unpaired) electrons. The van der Waals surface area contributed by atoms with E-state index in [9.17, 15) is 4.79 Å². The standard InChI is InChI=1S/C19H24N2O/c1-14-9-15(2)11-18(10-14)21(4)13-19(22)20-12-17-8-6-5-7-16(17)3/h5-11H,12-13H2,1-4H3,(H,20,22). The zero-order valence-electron chi connectivity index (χ0n) is 13.8. The molecule has 1 amide bonds. The number of carbonyl (C=O) groups is 1. The summed E-state index contributed by atoms with van der Waals surface area (Å²) >= 11 is 0. The lowest BCUT2D eigenvalue weighted by Gasteiger charge is -2.20. The first-order valence-corrected chi connectivity index (χ1v) is 7.56. The molecule has 1 N–H and O–H groups in total. The Kier molecular flexibility index (Phi) is 5.21. The van der Waals surface area contributed by atoms with E-state index in [-0.39, 0.29) is 5.91 Å². The van der Waals surface area contributed by atoms with E-state index in [1.165, 1.54) is 16.7 Å². The summed E-state index contributed by atoms with van der Waals surface area (Å²) in [6, 6.07) is 14.4. The van der Waals surface area contributed by atoms with Gasteiger partial charge in [0.15, 0.2) is 0 Å². The number of benzene rings is 2. The van der Waals surface area contributed by atoms with Crippen LogP contribution in [0.1, 0.15) is 22.3 Å². The molecule has 0 aliphatic rings. The summed E-state index contributed by atoms with van der Waals surface area (Å²) in [5.74, 6) is 0.0323. The Bertz CT molecular complexity index is 644. The third-order valence-corrected chi connectivity index (χ3v) is 3.77. The van der Waals surface area contributed by atoms with Crippen LogP contribution in [-0.2, 0) is 11.3 Å². The van der Waals surface area contributed by atoms with Gasteiger partial charge in [-0.1, -0.05) is 30.3 Å². The number of aryl methyl sites for hydroxylation is 3.